The maximum Gasteiger partial charge on any atom is 0.191 e. The Balaban J connectivity index is 1.48. The Morgan fingerprint density at radius 1 is 1.37 bits per heavy atom. The van der Waals surface area contributed by atoms with Crippen molar-refractivity contribution in [3.8, 4) is 5.75 Å². The van der Waals surface area contributed by atoms with Crippen LogP contribution in [0.15, 0.2) is 35.7 Å². The Kier molecular flexibility index (Phi) is 3.68. The van der Waals surface area contributed by atoms with Crippen molar-refractivity contribution >= 4 is 11.8 Å². The minimum Gasteiger partial charge on any atom is -0.490 e. The summed E-state index contributed by atoms with van der Waals surface area (Å²) in [6, 6.07) is 7.01. The third-order valence-corrected chi connectivity index (χ3v) is 3.81. The largest absolute Gasteiger partial charge is 0.490 e. The van der Waals surface area contributed by atoms with E-state index in [9.17, 15) is 4.39 Å². The third kappa shape index (κ3) is 3.07. The monoisotopic (exact) mass is 279 g/mol. The number of hydrogen-bond donors (Lipinski definition) is 0. The van der Waals surface area contributed by atoms with Crippen LogP contribution >= 0.6 is 11.8 Å². The zero-order valence-electron chi connectivity index (χ0n) is 10.3. The summed E-state index contributed by atoms with van der Waals surface area (Å²) < 4.78 is 20.8. The smallest absolute Gasteiger partial charge is 0.191 e. The van der Waals surface area contributed by atoms with E-state index in [0.29, 0.717) is 18.4 Å². The predicted octanol–water partition coefficient (Wildman–Crippen LogP) is 2.92. The van der Waals surface area contributed by atoms with Gasteiger partial charge in [0.25, 0.3) is 0 Å². The van der Waals surface area contributed by atoms with Crippen LogP contribution in [0, 0.1) is 5.82 Å². The molecule has 0 saturated heterocycles. The second-order valence-electron chi connectivity index (χ2n) is 4.38. The molecule has 0 atom stereocenters. The molecule has 0 amide bonds. The Hall–Kier alpha value is -1.56. The number of para-hydroxylation sites is 1. The van der Waals surface area contributed by atoms with E-state index in [-0.39, 0.29) is 5.82 Å². The van der Waals surface area contributed by atoms with Gasteiger partial charge in [-0.1, -0.05) is 23.9 Å². The lowest BCUT2D eigenvalue weighted by Crippen LogP contribution is -2.03. The first-order valence-corrected chi connectivity index (χ1v) is 7.23. The van der Waals surface area contributed by atoms with Crippen LogP contribution in [0.25, 0.3) is 0 Å². The second kappa shape index (κ2) is 5.61. The third-order valence-electron chi connectivity index (χ3n) is 2.89. The van der Waals surface area contributed by atoms with Crippen LogP contribution in [0.4, 0.5) is 4.39 Å². The summed E-state index contributed by atoms with van der Waals surface area (Å²) in [5.41, 5.74) is 0. The van der Waals surface area contributed by atoms with Crippen molar-refractivity contribution in [2.75, 3.05) is 12.4 Å². The van der Waals surface area contributed by atoms with Crippen molar-refractivity contribution in [2.24, 2.45) is 0 Å². The van der Waals surface area contributed by atoms with Gasteiger partial charge in [-0.25, -0.2) is 4.39 Å². The fourth-order valence-electron chi connectivity index (χ4n) is 1.78. The summed E-state index contributed by atoms with van der Waals surface area (Å²) in [6.45, 7) is 0.448. The summed E-state index contributed by atoms with van der Waals surface area (Å²) in [7, 11) is 0. The molecule has 3 rings (SSSR count). The van der Waals surface area contributed by atoms with Crippen molar-refractivity contribution in [1.29, 1.82) is 0 Å². The Labute approximate surface area is 115 Å². The maximum atomic E-state index is 13.3. The summed E-state index contributed by atoms with van der Waals surface area (Å²) in [6.07, 6.45) is 4.19. The van der Waals surface area contributed by atoms with E-state index < -0.39 is 0 Å². The molecule has 1 saturated carbocycles. The summed E-state index contributed by atoms with van der Waals surface area (Å²) in [5.74, 6) is 0.695. The Morgan fingerprint density at radius 3 is 3.00 bits per heavy atom. The molecule has 100 valence electrons. The Bertz CT molecular complexity index is 556. The number of ether oxygens (including phenoxy) is 1. The van der Waals surface area contributed by atoms with Gasteiger partial charge in [-0.15, -0.1) is 10.2 Å². The second-order valence-corrected chi connectivity index (χ2v) is 5.44. The van der Waals surface area contributed by atoms with Crippen LogP contribution in [-0.4, -0.2) is 27.1 Å². The average molecular weight is 279 g/mol. The van der Waals surface area contributed by atoms with E-state index in [0.717, 1.165) is 10.9 Å². The average Bonchev–Trinajstić information content (AvgIpc) is 3.16. The topological polar surface area (TPSA) is 39.9 Å². The zero-order chi connectivity index (χ0) is 13.1. The Morgan fingerprint density at radius 2 is 2.21 bits per heavy atom. The molecule has 1 fully saturated rings. The van der Waals surface area contributed by atoms with Crippen LogP contribution in [0.3, 0.4) is 0 Å². The van der Waals surface area contributed by atoms with E-state index in [4.69, 9.17) is 4.74 Å². The van der Waals surface area contributed by atoms with Gasteiger partial charge < -0.3 is 9.30 Å². The number of halogens is 1. The molecule has 0 bridgehead atoms. The van der Waals surface area contributed by atoms with Gasteiger partial charge in [0.15, 0.2) is 16.7 Å². The lowest BCUT2D eigenvalue weighted by molar-refractivity contribution is 0.325. The number of thioether (sulfide) groups is 1. The standard InChI is InChI=1S/C13H14FN3OS/c14-11-3-1-2-4-12(11)18-7-8-19-13-16-15-9-17(13)10-5-6-10/h1-4,9-10H,5-8H2. The molecular formula is C13H14FN3OS. The summed E-state index contributed by atoms with van der Waals surface area (Å²) in [4.78, 5) is 0. The van der Waals surface area contributed by atoms with Crippen LogP contribution in [0.5, 0.6) is 5.75 Å². The van der Waals surface area contributed by atoms with Crippen molar-refractivity contribution in [3.63, 3.8) is 0 Å². The lowest BCUT2D eigenvalue weighted by Gasteiger charge is -2.07. The maximum absolute atomic E-state index is 13.3. The molecule has 0 N–H and O–H groups in total. The highest BCUT2D eigenvalue weighted by Gasteiger charge is 2.26. The van der Waals surface area contributed by atoms with E-state index in [1.54, 1.807) is 36.3 Å². The number of nitrogens with zero attached hydrogens (tertiary/aromatic N) is 3. The minimum atomic E-state index is -0.325. The molecule has 1 aliphatic rings. The highest BCUT2D eigenvalue weighted by molar-refractivity contribution is 7.99. The van der Waals surface area contributed by atoms with Crippen molar-refractivity contribution in [3.05, 3.63) is 36.4 Å². The summed E-state index contributed by atoms with van der Waals surface area (Å²) >= 11 is 1.59. The fourth-order valence-corrected chi connectivity index (χ4v) is 2.58. The van der Waals surface area contributed by atoms with E-state index >= 15 is 0 Å². The van der Waals surface area contributed by atoms with Crippen molar-refractivity contribution in [2.45, 2.75) is 24.0 Å². The normalized spacial score (nSPS) is 14.6. The molecule has 0 aliphatic heterocycles. The highest BCUT2D eigenvalue weighted by Crippen LogP contribution is 2.37. The van der Waals surface area contributed by atoms with Gasteiger partial charge in [0, 0.05) is 11.8 Å². The first-order valence-electron chi connectivity index (χ1n) is 6.24. The molecule has 2 aromatic rings. The summed E-state index contributed by atoms with van der Waals surface area (Å²) in [5, 5.41) is 8.93. The van der Waals surface area contributed by atoms with Gasteiger partial charge in [0.2, 0.25) is 0 Å². The van der Waals surface area contributed by atoms with Gasteiger partial charge in [0.1, 0.15) is 6.33 Å². The first kappa shape index (κ1) is 12.5. The van der Waals surface area contributed by atoms with Crippen LogP contribution < -0.4 is 4.74 Å². The zero-order valence-corrected chi connectivity index (χ0v) is 11.1. The number of rotatable bonds is 6. The molecule has 4 nitrogen and oxygen atoms in total. The molecule has 6 heteroatoms. The fraction of sp³-hybridized carbons (Fsp3) is 0.385. The molecule has 1 aromatic carbocycles. The molecule has 0 radical (unpaired) electrons. The molecular weight excluding hydrogens is 265 g/mol. The molecule has 1 aliphatic carbocycles. The van der Waals surface area contributed by atoms with E-state index in [1.165, 1.54) is 18.9 Å². The van der Waals surface area contributed by atoms with Crippen LogP contribution in [0.1, 0.15) is 18.9 Å². The molecule has 0 unspecified atom stereocenters. The quantitative estimate of drug-likeness (QED) is 0.602. The molecule has 0 spiro atoms. The molecule has 1 aromatic heterocycles. The number of hydrogen-bond acceptors (Lipinski definition) is 4. The van der Waals surface area contributed by atoms with Gasteiger partial charge in [-0.3, -0.25) is 0 Å². The van der Waals surface area contributed by atoms with Crippen molar-refractivity contribution in [1.82, 2.24) is 14.8 Å². The van der Waals surface area contributed by atoms with Gasteiger partial charge in [-0.05, 0) is 25.0 Å². The van der Waals surface area contributed by atoms with Crippen LogP contribution in [-0.2, 0) is 0 Å². The van der Waals surface area contributed by atoms with Crippen molar-refractivity contribution < 1.29 is 9.13 Å². The highest BCUT2D eigenvalue weighted by atomic mass is 32.2. The van der Waals surface area contributed by atoms with E-state index in [1.807, 2.05) is 0 Å². The lowest BCUT2D eigenvalue weighted by atomic mass is 10.3. The van der Waals surface area contributed by atoms with E-state index in [2.05, 4.69) is 14.8 Å². The number of benzene rings is 1. The van der Waals surface area contributed by atoms with Crippen LogP contribution in [0.2, 0.25) is 0 Å². The molecule has 1 heterocycles. The SMILES string of the molecule is Fc1ccccc1OCCSc1nncn1C1CC1. The van der Waals surface area contributed by atoms with Gasteiger partial charge >= 0.3 is 0 Å². The predicted molar refractivity (Wildman–Crippen MR) is 70.9 cm³/mol. The molecule has 19 heavy (non-hydrogen) atoms. The number of aromatic nitrogens is 3. The minimum absolute atomic E-state index is 0.298. The van der Waals surface area contributed by atoms with Gasteiger partial charge in [0.05, 0.1) is 6.61 Å². The van der Waals surface area contributed by atoms with Gasteiger partial charge in [-0.2, -0.15) is 0 Å². The first-order chi connectivity index (χ1) is 9.34.